The maximum Gasteiger partial charge on any atom is 0.227 e. The van der Waals surface area contributed by atoms with Gasteiger partial charge in [0.1, 0.15) is 17.3 Å². The van der Waals surface area contributed by atoms with Crippen LogP contribution >= 0.6 is 0 Å². The van der Waals surface area contributed by atoms with Crippen LogP contribution in [-0.2, 0) is 0 Å². The van der Waals surface area contributed by atoms with Crippen LogP contribution in [0.15, 0.2) is 119 Å². The minimum absolute atomic E-state index is 0.545. The lowest BCUT2D eigenvalue weighted by Gasteiger charge is -2.08. The first-order valence-corrected chi connectivity index (χ1v) is 11.4. The third-order valence-electron chi connectivity index (χ3n) is 5.81. The molecule has 0 unspecified atom stereocenters. The van der Waals surface area contributed by atoms with E-state index in [2.05, 4.69) is 24.3 Å². The molecule has 0 aliphatic rings. The smallest absolute Gasteiger partial charge is 0.227 e. The van der Waals surface area contributed by atoms with Crippen LogP contribution in [0.3, 0.4) is 0 Å². The average Bonchev–Trinajstić information content (AvgIpc) is 3.32. The number of nitrogens with zero attached hydrogens (tertiary/aromatic N) is 1. The Kier molecular flexibility index (Phi) is 6.44. The number of aliphatic imine (C=N–C) groups is 1. The highest BCUT2D eigenvalue weighted by Crippen LogP contribution is 2.48. The predicted octanol–water partition coefficient (Wildman–Crippen LogP) is 8.05. The summed E-state index contributed by atoms with van der Waals surface area (Å²) in [6.45, 7) is 0. The normalized spacial score (nSPS) is 11.0. The van der Waals surface area contributed by atoms with Crippen molar-refractivity contribution in [3.05, 3.63) is 115 Å². The van der Waals surface area contributed by atoms with Crippen LogP contribution in [0.5, 0.6) is 11.5 Å². The molecule has 0 fully saturated rings. The molecule has 5 aromatic rings. The molecule has 35 heavy (non-hydrogen) atoms. The van der Waals surface area contributed by atoms with Crippen molar-refractivity contribution in [2.75, 3.05) is 14.2 Å². The molecule has 0 bridgehead atoms. The summed E-state index contributed by atoms with van der Waals surface area (Å²) in [5.41, 5.74) is 5.94. The maximum atomic E-state index is 6.51. The predicted molar refractivity (Wildman–Crippen MR) is 142 cm³/mol. The van der Waals surface area contributed by atoms with Crippen molar-refractivity contribution in [2.45, 2.75) is 0 Å². The minimum atomic E-state index is 0.545. The Labute approximate surface area is 205 Å². The number of ether oxygens (including phenoxy) is 2. The van der Waals surface area contributed by atoms with Gasteiger partial charge in [-0.1, -0.05) is 72.8 Å². The number of hydrogen-bond donors (Lipinski definition) is 0. The molecule has 0 N–H and O–H groups in total. The van der Waals surface area contributed by atoms with Gasteiger partial charge in [-0.2, -0.15) is 0 Å². The van der Waals surface area contributed by atoms with E-state index in [0.717, 1.165) is 50.6 Å². The van der Waals surface area contributed by atoms with Crippen LogP contribution in [0, 0.1) is 0 Å². The zero-order chi connectivity index (χ0) is 24.0. The number of hydrogen-bond acceptors (Lipinski definition) is 4. The molecular weight excluding hydrogens is 434 g/mol. The highest BCUT2D eigenvalue weighted by Gasteiger charge is 2.24. The molecule has 0 atom stereocenters. The standard InChI is InChI=1S/C31H25NO3/c1-33-26-17-13-22(14-18-26)21-32-31-29(24-15-19-27(34-2)20-16-24)28(23-9-5-3-6-10-23)30(35-31)25-11-7-4-8-12-25/h3-21H,1-2H3/b32-21+. The Morgan fingerprint density at radius 1 is 0.571 bits per heavy atom. The first-order chi connectivity index (χ1) is 17.3. The van der Waals surface area contributed by atoms with E-state index in [1.54, 1.807) is 14.2 Å². The summed E-state index contributed by atoms with van der Waals surface area (Å²) >= 11 is 0. The Balaban J connectivity index is 1.73. The first-order valence-electron chi connectivity index (χ1n) is 11.4. The number of furan rings is 1. The van der Waals surface area contributed by atoms with Crippen molar-refractivity contribution >= 4 is 12.1 Å². The van der Waals surface area contributed by atoms with Gasteiger partial charge in [-0.3, -0.25) is 0 Å². The third kappa shape index (κ3) is 4.73. The molecular formula is C31H25NO3. The molecule has 4 nitrogen and oxygen atoms in total. The number of benzene rings is 4. The van der Waals surface area contributed by atoms with E-state index in [-0.39, 0.29) is 0 Å². The van der Waals surface area contributed by atoms with E-state index >= 15 is 0 Å². The summed E-state index contributed by atoms with van der Waals surface area (Å²) in [7, 11) is 3.32. The monoisotopic (exact) mass is 459 g/mol. The lowest BCUT2D eigenvalue weighted by molar-refractivity contribution is 0.414. The second-order valence-electron chi connectivity index (χ2n) is 7.98. The third-order valence-corrected chi connectivity index (χ3v) is 5.81. The molecule has 0 saturated heterocycles. The van der Waals surface area contributed by atoms with Gasteiger partial charge in [0, 0.05) is 17.3 Å². The zero-order valence-electron chi connectivity index (χ0n) is 19.6. The molecule has 0 aliphatic carbocycles. The maximum absolute atomic E-state index is 6.51. The van der Waals surface area contributed by atoms with Crippen molar-refractivity contribution in [1.82, 2.24) is 0 Å². The molecule has 0 spiro atoms. The largest absolute Gasteiger partial charge is 0.497 e. The highest BCUT2D eigenvalue weighted by atomic mass is 16.5. The highest BCUT2D eigenvalue weighted by molar-refractivity contribution is 5.98. The van der Waals surface area contributed by atoms with Gasteiger partial charge < -0.3 is 13.9 Å². The van der Waals surface area contributed by atoms with E-state index in [9.17, 15) is 0 Å². The SMILES string of the molecule is COc1ccc(/C=N/c2oc(-c3ccccc3)c(-c3ccccc3)c2-c2ccc(OC)cc2)cc1. The lowest BCUT2D eigenvalue weighted by atomic mass is 9.94. The van der Waals surface area contributed by atoms with Crippen LogP contribution in [0.2, 0.25) is 0 Å². The van der Waals surface area contributed by atoms with E-state index in [0.29, 0.717) is 5.88 Å². The Morgan fingerprint density at radius 3 is 1.66 bits per heavy atom. The van der Waals surface area contributed by atoms with Gasteiger partial charge in [0.25, 0.3) is 0 Å². The second kappa shape index (κ2) is 10.1. The fraction of sp³-hybridized carbons (Fsp3) is 0.0645. The van der Waals surface area contributed by atoms with Crippen LogP contribution < -0.4 is 9.47 Å². The van der Waals surface area contributed by atoms with Crippen LogP contribution in [-0.4, -0.2) is 20.4 Å². The van der Waals surface area contributed by atoms with E-state index in [1.165, 1.54) is 0 Å². The average molecular weight is 460 g/mol. The summed E-state index contributed by atoms with van der Waals surface area (Å²) in [6, 6.07) is 36.2. The van der Waals surface area contributed by atoms with Crippen molar-refractivity contribution in [3.63, 3.8) is 0 Å². The summed E-state index contributed by atoms with van der Waals surface area (Å²) < 4.78 is 17.2. The van der Waals surface area contributed by atoms with E-state index in [4.69, 9.17) is 18.9 Å². The van der Waals surface area contributed by atoms with Gasteiger partial charge >= 0.3 is 0 Å². The van der Waals surface area contributed by atoms with Gasteiger partial charge in [-0.05, 0) is 53.1 Å². The minimum Gasteiger partial charge on any atom is -0.497 e. The Bertz CT molecular complexity index is 1420. The molecule has 1 aromatic heterocycles. The topological polar surface area (TPSA) is 44.0 Å². The first kappa shape index (κ1) is 22.2. The molecule has 5 rings (SSSR count). The Hall–Kier alpha value is -4.57. The van der Waals surface area contributed by atoms with Gasteiger partial charge in [0.05, 0.1) is 19.8 Å². The fourth-order valence-corrected chi connectivity index (χ4v) is 4.03. The van der Waals surface area contributed by atoms with Gasteiger partial charge in [0.2, 0.25) is 5.88 Å². The van der Waals surface area contributed by atoms with Gasteiger partial charge in [-0.25, -0.2) is 4.99 Å². The molecule has 1 heterocycles. The molecule has 4 heteroatoms. The van der Waals surface area contributed by atoms with E-state index < -0.39 is 0 Å². The van der Waals surface area contributed by atoms with Crippen molar-refractivity contribution < 1.29 is 13.9 Å². The second-order valence-corrected chi connectivity index (χ2v) is 7.98. The Morgan fingerprint density at radius 2 is 1.09 bits per heavy atom. The van der Waals surface area contributed by atoms with Crippen LogP contribution in [0.4, 0.5) is 5.88 Å². The quantitative estimate of drug-likeness (QED) is 0.231. The molecule has 0 saturated carbocycles. The summed E-state index contributed by atoms with van der Waals surface area (Å²) in [6.07, 6.45) is 1.81. The molecule has 0 amide bonds. The number of methoxy groups -OCH3 is 2. The summed E-state index contributed by atoms with van der Waals surface area (Å²) in [4.78, 5) is 4.82. The zero-order valence-corrected chi connectivity index (χ0v) is 19.6. The molecule has 0 aliphatic heterocycles. The number of rotatable bonds is 7. The summed E-state index contributed by atoms with van der Waals surface area (Å²) in [5, 5.41) is 0. The molecule has 0 radical (unpaired) electrons. The van der Waals surface area contributed by atoms with E-state index in [1.807, 2.05) is 91.1 Å². The fourth-order valence-electron chi connectivity index (χ4n) is 4.03. The van der Waals surface area contributed by atoms with Crippen molar-refractivity contribution in [3.8, 4) is 45.1 Å². The van der Waals surface area contributed by atoms with Crippen molar-refractivity contribution in [2.24, 2.45) is 4.99 Å². The molecule has 172 valence electrons. The van der Waals surface area contributed by atoms with Gasteiger partial charge in [-0.15, -0.1) is 0 Å². The lowest BCUT2D eigenvalue weighted by Crippen LogP contribution is -1.86. The summed E-state index contributed by atoms with van der Waals surface area (Å²) in [5.74, 6) is 2.93. The van der Waals surface area contributed by atoms with Gasteiger partial charge in [0.15, 0.2) is 0 Å². The van der Waals surface area contributed by atoms with Crippen LogP contribution in [0.1, 0.15) is 5.56 Å². The molecule has 4 aromatic carbocycles. The van der Waals surface area contributed by atoms with Crippen molar-refractivity contribution in [1.29, 1.82) is 0 Å². The van der Waals surface area contributed by atoms with Crippen LogP contribution in [0.25, 0.3) is 33.6 Å².